The molecule has 1 aromatic carbocycles. The first-order chi connectivity index (χ1) is 13.5. The van der Waals surface area contributed by atoms with Crippen LogP contribution in [0, 0.1) is 13.8 Å². The highest BCUT2D eigenvalue weighted by Crippen LogP contribution is 2.23. The van der Waals surface area contributed by atoms with Gasteiger partial charge in [-0.25, -0.2) is 0 Å². The van der Waals surface area contributed by atoms with E-state index in [1.165, 1.54) is 0 Å². The Kier molecular flexibility index (Phi) is 10.9. The molecular weight excluding hydrogens is 483 g/mol. The third-order valence-electron chi connectivity index (χ3n) is 4.55. The third kappa shape index (κ3) is 7.41. The van der Waals surface area contributed by atoms with E-state index < -0.39 is 0 Å². The number of methoxy groups -OCH3 is 1. The van der Waals surface area contributed by atoms with Crippen molar-refractivity contribution in [3.8, 4) is 11.5 Å². The van der Waals surface area contributed by atoms with Gasteiger partial charge < -0.3 is 24.2 Å². The summed E-state index contributed by atoms with van der Waals surface area (Å²) in [6, 6.07) is 7.59. The molecule has 0 fully saturated rings. The standard InChI is InChI=1S/C21H32N4O3.HI/c1-7-22-21(23-14-15(2)20-16(3)24-28-17(20)4)25(5)12-13-27-19-10-8-18(26-6)9-11-19;/h8-11,15H,7,12-14H2,1-6H3,(H,22,23);1H. The Balaban J connectivity index is 0.00000420. The number of aryl methyl sites for hydroxylation is 2. The minimum absolute atomic E-state index is 0. The van der Waals surface area contributed by atoms with Crippen LogP contribution >= 0.6 is 24.0 Å². The molecule has 0 saturated carbocycles. The molecule has 1 unspecified atom stereocenters. The average Bonchev–Trinajstić information content (AvgIpc) is 3.03. The van der Waals surface area contributed by atoms with Crippen molar-refractivity contribution in [1.82, 2.24) is 15.4 Å². The molecule has 0 bridgehead atoms. The van der Waals surface area contributed by atoms with E-state index in [0.29, 0.717) is 13.2 Å². The molecule has 162 valence electrons. The van der Waals surface area contributed by atoms with Crippen LogP contribution in [-0.4, -0.2) is 56.4 Å². The first-order valence-corrected chi connectivity index (χ1v) is 9.65. The van der Waals surface area contributed by atoms with E-state index in [2.05, 4.69) is 29.2 Å². The SMILES string of the molecule is CCNC(=NCC(C)c1c(C)noc1C)N(C)CCOc1ccc(OC)cc1.I. The number of aromatic nitrogens is 1. The summed E-state index contributed by atoms with van der Waals surface area (Å²) in [6.07, 6.45) is 0. The minimum atomic E-state index is 0. The quantitative estimate of drug-likeness (QED) is 0.309. The van der Waals surface area contributed by atoms with Gasteiger partial charge in [0.2, 0.25) is 0 Å². The summed E-state index contributed by atoms with van der Waals surface area (Å²) < 4.78 is 16.3. The van der Waals surface area contributed by atoms with Crippen LogP contribution < -0.4 is 14.8 Å². The van der Waals surface area contributed by atoms with E-state index in [-0.39, 0.29) is 29.9 Å². The van der Waals surface area contributed by atoms with Gasteiger partial charge >= 0.3 is 0 Å². The van der Waals surface area contributed by atoms with Crippen LogP contribution in [0.1, 0.15) is 36.8 Å². The number of hydrogen-bond donors (Lipinski definition) is 1. The Hall–Kier alpha value is -1.97. The maximum Gasteiger partial charge on any atom is 0.193 e. The van der Waals surface area contributed by atoms with Crippen LogP contribution in [-0.2, 0) is 0 Å². The second-order valence-corrected chi connectivity index (χ2v) is 6.78. The summed E-state index contributed by atoms with van der Waals surface area (Å²) in [6.45, 7) is 10.9. The Morgan fingerprint density at radius 1 is 1.24 bits per heavy atom. The maximum absolute atomic E-state index is 5.82. The highest BCUT2D eigenvalue weighted by atomic mass is 127. The molecule has 2 aromatic rings. The number of nitrogens with one attached hydrogen (secondary N) is 1. The van der Waals surface area contributed by atoms with Gasteiger partial charge in [0, 0.05) is 31.6 Å². The highest BCUT2D eigenvalue weighted by molar-refractivity contribution is 14.0. The summed E-state index contributed by atoms with van der Waals surface area (Å²) >= 11 is 0. The van der Waals surface area contributed by atoms with E-state index >= 15 is 0 Å². The van der Waals surface area contributed by atoms with Crippen LogP contribution in [0.3, 0.4) is 0 Å². The van der Waals surface area contributed by atoms with Gasteiger partial charge in [-0.3, -0.25) is 4.99 Å². The second-order valence-electron chi connectivity index (χ2n) is 6.78. The largest absolute Gasteiger partial charge is 0.497 e. The van der Waals surface area contributed by atoms with Gasteiger partial charge in [0.05, 0.1) is 19.3 Å². The predicted molar refractivity (Wildman–Crippen MR) is 127 cm³/mol. The fraction of sp³-hybridized carbons (Fsp3) is 0.524. The maximum atomic E-state index is 5.82. The first kappa shape index (κ1) is 25.1. The lowest BCUT2D eigenvalue weighted by atomic mass is 10.00. The van der Waals surface area contributed by atoms with E-state index in [4.69, 9.17) is 19.0 Å². The van der Waals surface area contributed by atoms with Gasteiger partial charge in [0.15, 0.2) is 5.96 Å². The van der Waals surface area contributed by atoms with Crippen molar-refractivity contribution in [2.45, 2.75) is 33.6 Å². The van der Waals surface area contributed by atoms with Gasteiger partial charge in [-0.1, -0.05) is 12.1 Å². The second kappa shape index (κ2) is 12.6. The van der Waals surface area contributed by atoms with E-state index in [0.717, 1.165) is 47.6 Å². The first-order valence-electron chi connectivity index (χ1n) is 9.65. The molecule has 8 heteroatoms. The summed E-state index contributed by atoms with van der Waals surface area (Å²) in [5.74, 6) is 3.61. The Labute approximate surface area is 190 Å². The number of guanidine groups is 1. The number of ether oxygens (including phenoxy) is 2. The van der Waals surface area contributed by atoms with Crippen molar-refractivity contribution in [2.24, 2.45) is 4.99 Å². The molecule has 0 radical (unpaired) electrons. The summed E-state index contributed by atoms with van der Waals surface area (Å²) in [4.78, 5) is 6.87. The molecule has 0 aliphatic rings. The number of nitrogens with zero attached hydrogens (tertiary/aromatic N) is 3. The Morgan fingerprint density at radius 2 is 1.90 bits per heavy atom. The molecule has 29 heavy (non-hydrogen) atoms. The summed E-state index contributed by atoms with van der Waals surface area (Å²) in [7, 11) is 3.67. The lowest BCUT2D eigenvalue weighted by Crippen LogP contribution is -2.41. The van der Waals surface area contributed by atoms with Gasteiger partial charge in [-0.2, -0.15) is 0 Å². The fourth-order valence-corrected chi connectivity index (χ4v) is 3.06. The zero-order valence-corrected chi connectivity index (χ0v) is 20.5. The number of halogens is 1. The van der Waals surface area contributed by atoms with Gasteiger partial charge in [-0.05, 0) is 45.0 Å². The normalized spacial score (nSPS) is 12.1. The van der Waals surface area contributed by atoms with Crippen LogP contribution in [0.5, 0.6) is 11.5 Å². The number of aliphatic imine (C=N–C) groups is 1. The minimum Gasteiger partial charge on any atom is -0.497 e. The highest BCUT2D eigenvalue weighted by Gasteiger charge is 2.16. The lowest BCUT2D eigenvalue weighted by molar-refractivity contribution is 0.281. The van der Waals surface area contributed by atoms with Crippen molar-refractivity contribution in [3.05, 3.63) is 41.3 Å². The van der Waals surface area contributed by atoms with E-state index in [9.17, 15) is 0 Å². The van der Waals surface area contributed by atoms with Gasteiger partial charge in [-0.15, -0.1) is 24.0 Å². The molecular formula is C21H33IN4O3. The summed E-state index contributed by atoms with van der Waals surface area (Å²) in [5.41, 5.74) is 2.08. The third-order valence-corrected chi connectivity index (χ3v) is 4.55. The number of likely N-dealkylation sites (N-methyl/N-ethyl adjacent to an activating group) is 1. The van der Waals surface area contributed by atoms with Crippen molar-refractivity contribution < 1.29 is 14.0 Å². The molecule has 0 aliphatic heterocycles. The molecule has 0 amide bonds. The predicted octanol–water partition coefficient (Wildman–Crippen LogP) is 4.00. The Morgan fingerprint density at radius 3 is 2.45 bits per heavy atom. The van der Waals surface area contributed by atoms with Crippen molar-refractivity contribution >= 4 is 29.9 Å². The van der Waals surface area contributed by atoms with Crippen molar-refractivity contribution in [2.75, 3.05) is 40.4 Å². The zero-order chi connectivity index (χ0) is 20.5. The van der Waals surface area contributed by atoms with Gasteiger partial charge in [0.25, 0.3) is 0 Å². The molecule has 1 aromatic heterocycles. The van der Waals surface area contributed by atoms with Crippen molar-refractivity contribution in [3.63, 3.8) is 0 Å². The fourth-order valence-electron chi connectivity index (χ4n) is 3.06. The van der Waals surface area contributed by atoms with Gasteiger partial charge in [0.1, 0.15) is 23.9 Å². The molecule has 0 aliphatic carbocycles. The smallest absolute Gasteiger partial charge is 0.193 e. The van der Waals surface area contributed by atoms with Crippen LogP contribution in [0.4, 0.5) is 0 Å². The molecule has 0 spiro atoms. The van der Waals surface area contributed by atoms with Crippen LogP contribution in [0.15, 0.2) is 33.8 Å². The lowest BCUT2D eigenvalue weighted by Gasteiger charge is -2.22. The summed E-state index contributed by atoms with van der Waals surface area (Å²) in [5, 5.41) is 7.38. The van der Waals surface area contributed by atoms with Crippen LogP contribution in [0.25, 0.3) is 0 Å². The number of benzene rings is 1. The van der Waals surface area contributed by atoms with E-state index in [1.807, 2.05) is 45.2 Å². The average molecular weight is 516 g/mol. The molecule has 7 nitrogen and oxygen atoms in total. The topological polar surface area (TPSA) is 72.1 Å². The molecule has 1 heterocycles. The molecule has 0 saturated heterocycles. The molecule has 1 N–H and O–H groups in total. The van der Waals surface area contributed by atoms with Crippen LogP contribution in [0.2, 0.25) is 0 Å². The van der Waals surface area contributed by atoms with E-state index in [1.54, 1.807) is 7.11 Å². The zero-order valence-electron chi connectivity index (χ0n) is 18.2. The monoisotopic (exact) mass is 516 g/mol. The van der Waals surface area contributed by atoms with Crippen molar-refractivity contribution in [1.29, 1.82) is 0 Å². The molecule has 2 rings (SSSR count). The number of rotatable bonds is 9. The number of hydrogen-bond acceptors (Lipinski definition) is 5. The molecule has 1 atom stereocenters. The Bertz CT molecular complexity index is 742.